The molecule has 164 valence electrons. The van der Waals surface area contributed by atoms with Gasteiger partial charge in [0.15, 0.2) is 0 Å². The molecule has 0 aliphatic rings. The summed E-state index contributed by atoms with van der Waals surface area (Å²) in [5.41, 5.74) is 0.584. The van der Waals surface area contributed by atoms with Crippen LogP contribution in [0.5, 0.6) is 0 Å². The van der Waals surface area contributed by atoms with Crippen molar-refractivity contribution in [3.05, 3.63) is 82.1 Å². The number of alkyl halides is 3. The molecule has 0 radical (unpaired) electrons. The molecule has 1 amide bonds. The monoisotopic (exact) mass is 458 g/mol. The largest absolute Gasteiger partial charge is 0.457 e. The van der Waals surface area contributed by atoms with Crippen LogP contribution in [-0.4, -0.2) is 5.91 Å². The maximum Gasteiger partial charge on any atom is 0.416 e. The molecule has 3 aromatic rings. The lowest BCUT2D eigenvalue weighted by atomic mass is 10.0. The van der Waals surface area contributed by atoms with E-state index in [0.29, 0.717) is 11.6 Å². The Kier molecular flexibility index (Phi) is 6.75. The summed E-state index contributed by atoms with van der Waals surface area (Å²) in [5.74, 6) is -0.0997. The maximum absolute atomic E-state index is 13.0. The highest BCUT2D eigenvalue weighted by Gasteiger charge is 2.31. The van der Waals surface area contributed by atoms with E-state index in [0.717, 1.165) is 23.8 Å². The molecule has 8 heteroatoms. The summed E-state index contributed by atoms with van der Waals surface area (Å²) < 4.78 is 44.5. The van der Waals surface area contributed by atoms with Gasteiger partial charge in [0.05, 0.1) is 10.6 Å². The molecule has 0 atom stereocenters. The Balaban J connectivity index is 1.82. The number of amides is 1. The third-order valence-corrected chi connectivity index (χ3v) is 5.00. The third kappa shape index (κ3) is 5.40. The number of carbonyl (C=O) groups excluding carboxylic acids is 1. The Morgan fingerprint density at radius 1 is 1.12 bits per heavy atom. The second-order valence-corrected chi connectivity index (χ2v) is 7.70. The highest BCUT2D eigenvalue weighted by Crippen LogP contribution is 2.36. The number of nitriles is 1. The molecule has 0 saturated carbocycles. The van der Waals surface area contributed by atoms with E-state index in [-0.39, 0.29) is 27.7 Å². The first-order valence-corrected chi connectivity index (χ1v) is 9.96. The van der Waals surface area contributed by atoms with Crippen molar-refractivity contribution in [3.63, 3.8) is 0 Å². The molecular formula is C24H18ClF3N2O2. The molecule has 0 unspecified atom stereocenters. The molecule has 0 spiro atoms. The van der Waals surface area contributed by atoms with Gasteiger partial charge in [-0.1, -0.05) is 37.6 Å². The summed E-state index contributed by atoms with van der Waals surface area (Å²) in [5, 5.41) is 12.1. The fourth-order valence-electron chi connectivity index (χ4n) is 2.91. The van der Waals surface area contributed by atoms with Crippen molar-refractivity contribution >= 4 is 29.3 Å². The van der Waals surface area contributed by atoms with Crippen LogP contribution < -0.4 is 5.32 Å². The predicted molar refractivity (Wildman–Crippen MR) is 117 cm³/mol. The Morgan fingerprint density at radius 3 is 2.41 bits per heavy atom. The Hall–Kier alpha value is -3.50. The van der Waals surface area contributed by atoms with Gasteiger partial charge in [-0.15, -0.1) is 0 Å². The van der Waals surface area contributed by atoms with Crippen LogP contribution >= 0.6 is 11.6 Å². The topological polar surface area (TPSA) is 66.0 Å². The summed E-state index contributed by atoms with van der Waals surface area (Å²) in [6, 6.07) is 14.8. The molecule has 1 N–H and O–H groups in total. The van der Waals surface area contributed by atoms with E-state index in [2.05, 4.69) is 5.32 Å². The average Bonchev–Trinajstić information content (AvgIpc) is 3.20. The van der Waals surface area contributed by atoms with Crippen molar-refractivity contribution in [2.75, 3.05) is 5.32 Å². The summed E-state index contributed by atoms with van der Waals surface area (Å²) in [6.07, 6.45) is -3.32. The Morgan fingerprint density at radius 2 is 1.81 bits per heavy atom. The van der Waals surface area contributed by atoms with E-state index in [1.165, 1.54) is 18.2 Å². The van der Waals surface area contributed by atoms with Crippen molar-refractivity contribution < 1.29 is 22.4 Å². The number of hydrogen-bond donors (Lipinski definition) is 1. The van der Waals surface area contributed by atoms with Crippen LogP contribution in [0.1, 0.15) is 36.7 Å². The maximum atomic E-state index is 13.0. The lowest BCUT2D eigenvalue weighted by Gasteiger charge is -2.09. The summed E-state index contributed by atoms with van der Waals surface area (Å²) in [4.78, 5) is 12.5. The minimum Gasteiger partial charge on any atom is -0.457 e. The first kappa shape index (κ1) is 23.2. The van der Waals surface area contributed by atoms with Gasteiger partial charge in [-0.05, 0) is 53.9 Å². The van der Waals surface area contributed by atoms with Crippen LogP contribution in [0.4, 0.5) is 18.9 Å². The van der Waals surface area contributed by atoms with Crippen LogP contribution in [0, 0.1) is 11.3 Å². The van der Waals surface area contributed by atoms with Gasteiger partial charge in [-0.25, -0.2) is 0 Å². The van der Waals surface area contributed by atoms with E-state index < -0.39 is 17.6 Å². The van der Waals surface area contributed by atoms with Crippen LogP contribution in [0.2, 0.25) is 5.02 Å². The number of hydrogen-bond acceptors (Lipinski definition) is 3. The average molecular weight is 459 g/mol. The van der Waals surface area contributed by atoms with Gasteiger partial charge in [-0.3, -0.25) is 4.79 Å². The molecule has 32 heavy (non-hydrogen) atoms. The fraction of sp³-hybridized carbons (Fsp3) is 0.167. The van der Waals surface area contributed by atoms with Crippen molar-refractivity contribution in [2.24, 2.45) is 0 Å². The van der Waals surface area contributed by atoms with E-state index in [1.807, 2.05) is 26.0 Å². The Bertz CT molecular complexity index is 1200. The molecule has 0 aliphatic heterocycles. The summed E-state index contributed by atoms with van der Waals surface area (Å²) in [7, 11) is 0. The van der Waals surface area contributed by atoms with Crippen LogP contribution in [-0.2, 0) is 11.0 Å². The number of nitrogens with zero attached hydrogens (tertiary/aromatic N) is 1. The van der Waals surface area contributed by atoms with Crippen molar-refractivity contribution in [3.8, 4) is 17.4 Å². The zero-order valence-electron chi connectivity index (χ0n) is 17.1. The number of halogens is 4. The lowest BCUT2D eigenvalue weighted by Crippen LogP contribution is -2.13. The lowest BCUT2D eigenvalue weighted by molar-refractivity contribution is -0.137. The number of anilines is 1. The Labute approximate surface area is 187 Å². The molecule has 4 nitrogen and oxygen atoms in total. The number of nitrogens with one attached hydrogen (secondary N) is 1. The first-order chi connectivity index (χ1) is 15.1. The molecular weight excluding hydrogens is 441 g/mol. The fourth-order valence-corrected chi connectivity index (χ4v) is 3.12. The highest BCUT2D eigenvalue weighted by atomic mass is 35.5. The van der Waals surface area contributed by atoms with Crippen LogP contribution in [0.25, 0.3) is 17.4 Å². The second kappa shape index (κ2) is 9.33. The van der Waals surface area contributed by atoms with Crippen molar-refractivity contribution in [1.29, 1.82) is 5.26 Å². The van der Waals surface area contributed by atoms with Crippen molar-refractivity contribution in [1.82, 2.24) is 0 Å². The zero-order valence-corrected chi connectivity index (χ0v) is 17.9. The van der Waals surface area contributed by atoms with E-state index >= 15 is 0 Å². The molecule has 0 bridgehead atoms. The van der Waals surface area contributed by atoms with Gasteiger partial charge >= 0.3 is 6.18 Å². The van der Waals surface area contributed by atoms with Gasteiger partial charge in [0.1, 0.15) is 23.2 Å². The van der Waals surface area contributed by atoms with Gasteiger partial charge in [0.2, 0.25) is 0 Å². The standard InChI is InChI=1S/C24H18ClF3N2O2/c1-14(2)15-3-6-18(7-4-15)30-23(31)16(13-29)11-19-8-10-22(32-19)20-12-17(24(26,27)28)5-9-21(20)25/h3-12,14H,1-2H3,(H,30,31)/b16-11+. The zero-order chi connectivity index (χ0) is 23.5. The summed E-state index contributed by atoms with van der Waals surface area (Å²) in [6.45, 7) is 4.10. The second-order valence-electron chi connectivity index (χ2n) is 7.30. The van der Waals surface area contributed by atoms with Gasteiger partial charge in [0.25, 0.3) is 5.91 Å². The van der Waals surface area contributed by atoms with Gasteiger partial charge in [0, 0.05) is 17.3 Å². The minimum atomic E-state index is -4.53. The third-order valence-electron chi connectivity index (χ3n) is 4.67. The smallest absolute Gasteiger partial charge is 0.416 e. The molecule has 0 fully saturated rings. The molecule has 2 aromatic carbocycles. The van der Waals surface area contributed by atoms with E-state index in [1.54, 1.807) is 18.2 Å². The quantitative estimate of drug-likeness (QED) is 0.322. The SMILES string of the molecule is CC(C)c1ccc(NC(=O)/C(C#N)=C/c2ccc(-c3cc(C(F)(F)F)ccc3Cl)o2)cc1. The van der Waals surface area contributed by atoms with E-state index in [9.17, 15) is 23.2 Å². The molecule has 0 saturated heterocycles. The van der Waals surface area contributed by atoms with Gasteiger partial charge < -0.3 is 9.73 Å². The number of benzene rings is 2. The molecule has 0 aliphatic carbocycles. The van der Waals surface area contributed by atoms with Crippen LogP contribution in [0.3, 0.4) is 0 Å². The normalized spacial score (nSPS) is 12.0. The summed E-state index contributed by atoms with van der Waals surface area (Å²) >= 11 is 6.04. The van der Waals surface area contributed by atoms with E-state index in [4.69, 9.17) is 16.0 Å². The highest BCUT2D eigenvalue weighted by molar-refractivity contribution is 6.33. The molecule has 3 rings (SSSR count). The number of carbonyl (C=O) groups is 1. The predicted octanol–water partition coefficient (Wildman–Crippen LogP) is 7.29. The number of rotatable bonds is 5. The first-order valence-electron chi connectivity index (χ1n) is 9.58. The molecule has 1 aromatic heterocycles. The van der Waals surface area contributed by atoms with Crippen LogP contribution in [0.15, 0.2) is 64.6 Å². The van der Waals surface area contributed by atoms with Crippen molar-refractivity contribution in [2.45, 2.75) is 25.9 Å². The minimum absolute atomic E-state index is 0.0503. The number of furan rings is 1. The van der Waals surface area contributed by atoms with Gasteiger partial charge in [-0.2, -0.15) is 18.4 Å². The molecule has 1 heterocycles.